The molecule has 3 rings (SSSR count). The van der Waals surface area contributed by atoms with Crippen molar-refractivity contribution in [3.05, 3.63) is 72.1 Å². The summed E-state index contributed by atoms with van der Waals surface area (Å²) in [6.45, 7) is 0. The van der Waals surface area contributed by atoms with Crippen molar-refractivity contribution in [2.45, 2.75) is 47.6 Å². The van der Waals surface area contributed by atoms with Crippen LogP contribution in [0.3, 0.4) is 0 Å². The molecule has 0 radical (unpaired) electrons. The Morgan fingerprint density at radius 1 is 0.655 bits per heavy atom. The van der Waals surface area contributed by atoms with E-state index in [1.165, 1.54) is 61.4 Å². The second kappa shape index (κ2) is 13.2. The Morgan fingerprint density at radius 2 is 0.931 bits per heavy atom. The normalized spacial score (nSPS) is 18.8. The molecule has 1 aliphatic rings. The fourth-order valence-electron chi connectivity index (χ4n) is 2.31. The fraction of sp³-hybridized carbons (Fsp3) is 0.333. The van der Waals surface area contributed by atoms with Crippen LogP contribution in [-0.4, -0.2) is 38.0 Å². The molecule has 1 fully saturated rings. The maximum absolute atomic E-state index is 10.3. The third-order valence-electron chi connectivity index (χ3n) is 3.83. The Morgan fingerprint density at radius 3 is 1.10 bits per heavy atom. The van der Waals surface area contributed by atoms with Gasteiger partial charge in [-0.25, -0.2) is 16.8 Å². The molecule has 0 spiro atoms. The van der Waals surface area contributed by atoms with Gasteiger partial charge >= 0.3 is 21.1 Å². The van der Waals surface area contributed by atoms with Crippen LogP contribution in [0.5, 0.6) is 0 Å². The number of hydrogen-bond donors (Lipinski definition) is 0. The Balaban J connectivity index is 0.000000401. The first-order chi connectivity index (χ1) is 13.0. The van der Waals surface area contributed by atoms with Crippen LogP contribution >= 0.6 is 0 Å². The first-order valence-electron chi connectivity index (χ1n) is 8.46. The van der Waals surface area contributed by atoms with Crippen molar-refractivity contribution in [2.24, 2.45) is 0 Å². The fourth-order valence-corrected chi connectivity index (χ4v) is 3.29. The molecule has 1 aliphatic carbocycles. The van der Waals surface area contributed by atoms with Crippen LogP contribution < -0.4 is 0 Å². The van der Waals surface area contributed by atoms with Crippen molar-refractivity contribution >= 4 is 20.2 Å². The number of nitrogens with one attached hydrogen (secondary N) is 2. The maximum Gasteiger partial charge on any atom is 4.00 e. The predicted octanol–water partition coefficient (Wildman–Crippen LogP) is 3.58. The van der Waals surface area contributed by atoms with Gasteiger partial charge in [-0.2, -0.15) is 12.1 Å². The van der Waals surface area contributed by atoms with E-state index in [-0.39, 0.29) is 42.9 Å². The van der Waals surface area contributed by atoms with Crippen LogP contribution in [0.15, 0.2) is 70.5 Å². The first kappa shape index (κ1) is 27.9. The summed E-state index contributed by atoms with van der Waals surface area (Å²) in [6, 6.07) is 14.2. The van der Waals surface area contributed by atoms with Crippen molar-refractivity contribution in [3.63, 3.8) is 0 Å². The zero-order valence-electron chi connectivity index (χ0n) is 15.3. The third-order valence-corrected chi connectivity index (χ3v) is 5.53. The van der Waals surface area contributed by atoms with E-state index in [4.69, 9.17) is 11.5 Å². The molecule has 0 saturated heterocycles. The molecule has 0 bridgehead atoms. The Bertz CT molecular complexity index is 832. The minimum atomic E-state index is -4.25. The van der Waals surface area contributed by atoms with Crippen LogP contribution in [-0.2, 0) is 41.3 Å². The average Bonchev–Trinajstić information content (AvgIpc) is 2.65. The molecule has 2 N–H and O–H groups in total. The Kier molecular flexibility index (Phi) is 12.7. The Hall–Kier alpha value is -1.13. The summed E-state index contributed by atoms with van der Waals surface area (Å²) in [5.74, 6) is 0. The van der Waals surface area contributed by atoms with E-state index in [1.54, 1.807) is 12.1 Å². The van der Waals surface area contributed by atoms with E-state index in [0.29, 0.717) is 0 Å². The van der Waals surface area contributed by atoms with Crippen molar-refractivity contribution < 1.29 is 47.0 Å². The largest absolute Gasteiger partial charge is 4.00 e. The molecule has 0 amide bonds. The molecular formula is C18H22N2O6PtS2. The van der Waals surface area contributed by atoms with Crippen LogP contribution in [0.1, 0.15) is 25.7 Å². The van der Waals surface area contributed by atoms with E-state index in [1.807, 2.05) is 0 Å². The van der Waals surface area contributed by atoms with Gasteiger partial charge in [0.15, 0.2) is 0 Å². The monoisotopic (exact) mass is 621 g/mol. The van der Waals surface area contributed by atoms with E-state index in [0.717, 1.165) is 12.8 Å². The molecule has 0 aliphatic heterocycles. The van der Waals surface area contributed by atoms with E-state index in [2.05, 4.69) is 0 Å². The second-order valence-electron chi connectivity index (χ2n) is 6.03. The molecule has 11 heteroatoms. The minimum absolute atomic E-state index is 0. The van der Waals surface area contributed by atoms with E-state index in [9.17, 15) is 25.9 Å². The molecule has 8 nitrogen and oxygen atoms in total. The van der Waals surface area contributed by atoms with Gasteiger partial charge in [-0.05, 0) is 24.3 Å². The van der Waals surface area contributed by atoms with Gasteiger partial charge in [0, 0.05) is 0 Å². The number of benzene rings is 2. The van der Waals surface area contributed by atoms with E-state index < -0.39 is 20.2 Å². The molecule has 1 saturated carbocycles. The molecule has 29 heavy (non-hydrogen) atoms. The molecule has 2 atom stereocenters. The van der Waals surface area contributed by atoms with Gasteiger partial charge < -0.3 is 20.6 Å². The zero-order valence-corrected chi connectivity index (χ0v) is 19.2. The summed E-state index contributed by atoms with van der Waals surface area (Å²) < 4.78 is 61.7. The molecule has 0 aromatic heterocycles. The zero-order chi connectivity index (χ0) is 21.2. The summed E-state index contributed by atoms with van der Waals surface area (Å²) in [5, 5.41) is 0. The summed E-state index contributed by atoms with van der Waals surface area (Å²) in [7, 11) is -8.51. The SMILES string of the molecule is O=S(=O)([O-])c1ccccc1.O=S(=O)([O-])c1ccccc1.[NH-]C1CCCCC1[NH-].[Pt+4]. The summed E-state index contributed by atoms with van der Waals surface area (Å²) in [4.78, 5) is -0.370. The summed E-state index contributed by atoms with van der Waals surface area (Å²) in [6.07, 6.45) is 4.25. The maximum atomic E-state index is 10.3. The topological polar surface area (TPSA) is 162 Å². The van der Waals surface area contributed by atoms with Crippen molar-refractivity contribution in [2.75, 3.05) is 0 Å². The van der Waals surface area contributed by atoms with Crippen molar-refractivity contribution in [1.29, 1.82) is 0 Å². The van der Waals surface area contributed by atoms with Crippen LogP contribution in [0, 0.1) is 0 Å². The van der Waals surface area contributed by atoms with E-state index >= 15 is 0 Å². The third kappa shape index (κ3) is 11.6. The average molecular weight is 622 g/mol. The van der Waals surface area contributed by atoms with Gasteiger partial charge in [-0.1, -0.05) is 62.1 Å². The second-order valence-corrected chi connectivity index (χ2v) is 8.79. The van der Waals surface area contributed by atoms with Gasteiger partial charge in [0.25, 0.3) is 0 Å². The van der Waals surface area contributed by atoms with Gasteiger partial charge in [0.05, 0.1) is 9.79 Å². The minimum Gasteiger partial charge on any atom is -0.744 e. The molecule has 162 valence electrons. The predicted molar refractivity (Wildman–Crippen MR) is 103 cm³/mol. The van der Waals surface area contributed by atoms with Crippen LogP contribution in [0.25, 0.3) is 11.5 Å². The molecule has 2 unspecified atom stereocenters. The number of hydrogen-bond acceptors (Lipinski definition) is 6. The molecule has 0 heterocycles. The van der Waals surface area contributed by atoms with Gasteiger partial charge in [0.1, 0.15) is 20.2 Å². The summed E-state index contributed by atoms with van der Waals surface area (Å²) in [5.41, 5.74) is 14.6. The quantitative estimate of drug-likeness (QED) is 0.466. The van der Waals surface area contributed by atoms with Crippen LogP contribution in [0.4, 0.5) is 0 Å². The van der Waals surface area contributed by atoms with Crippen LogP contribution in [0.2, 0.25) is 0 Å². The number of rotatable bonds is 2. The summed E-state index contributed by atoms with van der Waals surface area (Å²) >= 11 is 0. The first-order valence-corrected chi connectivity index (χ1v) is 11.3. The van der Waals surface area contributed by atoms with Crippen molar-refractivity contribution in [1.82, 2.24) is 0 Å². The smallest absolute Gasteiger partial charge is 0.744 e. The van der Waals surface area contributed by atoms with Crippen molar-refractivity contribution in [3.8, 4) is 0 Å². The standard InChI is InChI=1S/C6H12N2.2C6H6O3S.Pt/c7-5-3-1-2-4-6(5)8;2*7-10(8,9)6-4-2-1-3-5-6;/h5-8H,1-4H2;2*1-5H,(H,7,8,9);/q-2;;;+4/p-2. The van der Waals surface area contributed by atoms with Gasteiger partial charge in [-0.3, -0.25) is 0 Å². The van der Waals surface area contributed by atoms with Gasteiger partial charge in [-0.15, -0.1) is 0 Å². The molecule has 2 aromatic carbocycles. The van der Waals surface area contributed by atoms with Gasteiger partial charge in [0.2, 0.25) is 0 Å². The Labute approximate surface area is 186 Å². The molecular weight excluding hydrogens is 599 g/mol. The molecule has 2 aromatic rings.